The fourth-order valence-corrected chi connectivity index (χ4v) is 0.943. The minimum atomic E-state index is 0.169. The van der Waals surface area contributed by atoms with Gasteiger partial charge in [0.2, 0.25) is 0 Å². The highest BCUT2D eigenvalue weighted by Gasteiger charge is 1.98. The van der Waals surface area contributed by atoms with Crippen LogP contribution < -0.4 is 5.32 Å². The van der Waals surface area contributed by atoms with Crippen molar-refractivity contribution in [2.75, 3.05) is 11.9 Å². The lowest BCUT2D eigenvalue weighted by Gasteiger charge is -2.05. The van der Waals surface area contributed by atoms with Crippen molar-refractivity contribution in [1.29, 1.82) is 0 Å². The van der Waals surface area contributed by atoms with Crippen molar-refractivity contribution in [3.05, 3.63) is 23.8 Å². The molecule has 0 atom stereocenters. The highest BCUT2D eigenvalue weighted by Crippen LogP contribution is 2.23. The molecule has 0 saturated heterocycles. The number of hydrogen-bond acceptors (Lipinski definition) is 3. The summed E-state index contributed by atoms with van der Waals surface area (Å²) in [7, 11) is 0. The summed E-state index contributed by atoms with van der Waals surface area (Å²) in [6, 6.07) is 5.20. The Morgan fingerprint density at radius 3 is 3.00 bits per heavy atom. The van der Waals surface area contributed by atoms with Crippen molar-refractivity contribution in [2.45, 2.75) is 6.92 Å². The van der Waals surface area contributed by atoms with Gasteiger partial charge in [0.15, 0.2) is 0 Å². The predicted molar refractivity (Wildman–Crippen MR) is 47.4 cm³/mol. The van der Waals surface area contributed by atoms with Gasteiger partial charge in [-0.1, -0.05) is 6.07 Å². The summed E-state index contributed by atoms with van der Waals surface area (Å²) in [6.45, 7) is 2.14. The van der Waals surface area contributed by atoms with Gasteiger partial charge in [0.1, 0.15) is 12.0 Å². The van der Waals surface area contributed by atoms with Gasteiger partial charge in [0.05, 0.1) is 12.2 Å². The normalized spacial score (nSPS) is 9.42. The Morgan fingerprint density at radius 1 is 1.58 bits per heavy atom. The highest BCUT2D eigenvalue weighted by molar-refractivity contribution is 5.64. The first kappa shape index (κ1) is 8.59. The number of carbonyl (C=O) groups is 1. The second kappa shape index (κ2) is 3.76. The van der Waals surface area contributed by atoms with Gasteiger partial charge in [-0.15, -0.1) is 0 Å². The summed E-state index contributed by atoms with van der Waals surface area (Å²) in [6.07, 6.45) is 0.752. The lowest BCUT2D eigenvalue weighted by molar-refractivity contribution is -0.106. The fourth-order valence-electron chi connectivity index (χ4n) is 0.943. The monoisotopic (exact) mass is 165 g/mol. The Hall–Kier alpha value is -1.51. The first-order valence-corrected chi connectivity index (χ1v) is 3.71. The van der Waals surface area contributed by atoms with E-state index in [0.29, 0.717) is 5.69 Å². The van der Waals surface area contributed by atoms with E-state index >= 15 is 0 Å². The number of carbonyl (C=O) groups excluding carboxylic acids is 1. The third kappa shape index (κ3) is 1.99. The molecule has 0 heterocycles. The van der Waals surface area contributed by atoms with Crippen LogP contribution in [0.5, 0.6) is 5.75 Å². The van der Waals surface area contributed by atoms with Crippen LogP contribution >= 0.6 is 0 Å². The maximum absolute atomic E-state index is 10.0. The molecule has 0 aromatic heterocycles. The zero-order chi connectivity index (χ0) is 8.97. The van der Waals surface area contributed by atoms with Gasteiger partial charge < -0.3 is 15.2 Å². The summed E-state index contributed by atoms with van der Waals surface area (Å²) in [5.74, 6) is 0.169. The molecule has 1 aromatic carbocycles. The quantitative estimate of drug-likeness (QED) is 0.524. The molecule has 1 aromatic rings. The predicted octanol–water partition coefficient (Wildman–Crippen LogP) is 1.31. The third-order valence-corrected chi connectivity index (χ3v) is 1.53. The van der Waals surface area contributed by atoms with E-state index in [1.54, 1.807) is 18.2 Å². The zero-order valence-electron chi connectivity index (χ0n) is 6.87. The van der Waals surface area contributed by atoms with Crippen molar-refractivity contribution in [3.63, 3.8) is 0 Å². The average Bonchev–Trinajstić information content (AvgIpc) is 2.07. The number of rotatable bonds is 3. The SMILES string of the molecule is Cc1ccc(O)c(NCC=O)c1. The number of aromatic hydroxyl groups is 1. The van der Waals surface area contributed by atoms with E-state index in [1.165, 1.54) is 0 Å². The van der Waals surface area contributed by atoms with E-state index in [2.05, 4.69) is 5.32 Å². The van der Waals surface area contributed by atoms with Crippen LogP contribution in [-0.4, -0.2) is 17.9 Å². The number of aldehydes is 1. The molecule has 3 heteroatoms. The van der Waals surface area contributed by atoms with Gasteiger partial charge >= 0.3 is 0 Å². The third-order valence-electron chi connectivity index (χ3n) is 1.53. The molecule has 0 spiro atoms. The van der Waals surface area contributed by atoms with Crippen LogP contribution in [0, 0.1) is 6.92 Å². The van der Waals surface area contributed by atoms with Gasteiger partial charge in [0, 0.05) is 0 Å². The fraction of sp³-hybridized carbons (Fsp3) is 0.222. The van der Waals surface area contributed by atoms with E-state index in [0.717, 1.165) is 11.8 Å². The van der Waals surface area contributed by atoms with Crippen molar-refractivity contribution < 1.29 is 9.90 Å². The van der Waals surface area contributed by atoms with Crippen molar-refractivity contribution in [1.82, 2.24) is 0 Å². The highest BCUT2D eigenvalue weighted by atomic mass is 16.3. The van der Waals surface area contributed by atoms with Crippen LogP contribution in [0.15, 0.2) is 18.2 Å². The number of phenols is 1. The average molecular weight is 165 g/mol. The largest absolute Gasteiger partial charge is 0.506 e. The minimum Gasteiger partial charge on any atom is -0.506 e. The molecule has 0 aliphatic rings. The molecule has 64 valence electrons. The Labute approximate surface area is 71.0 Å². The number of aryl methyl sites for hydroxylation is 1. The van der Waals surface area contributed by atoms with Gasteiger partial charge in [0.25, 0.3) is 0 Å². The van der Waals surface area contributed by atoms with Crippen molar-refractivity contribution in [2.24, 2.45) is 0 Å². The van der Waals surface area contributed by atoms with E-state index in [4.69, 9.17) is 0 Å². The van der Waals surface area contributed by atoms with E-state index in [9.17, 15) is 9.90 Å². The molecule has 0 aliphatic heterocycles. The second-order valence-corrected chi connectivity index (χ2v) is 2.57. The number of benzene rings is 1. The van der Waals surface area contributed by atoms with Crippen molar-refractivity contribution >= 4 is 12.0 Å². The van der Waals surface area contributed by atoms with E-state index in [1.807, 2.05) is 6.92 Å². The molecule has 0 radical (unpaired) electrons. The van der Waals surface area contributed by atoms with Crippen LogP contribution in [-0.2, 0) is 4.79 Å². The van der Waals surface area contributed by atoms with Crippen molar-refractivity contribution in [3.8, 4) is 5.75 Å². The molecule has 0 saturated carbocycles. The van der Waals surface area contributed by atoms with Crippen LogP contribution in [0.2, 0.25) is 0 Å². The smallest absolute Gasteiger partial charge is 0.139 e. The van der Waals surface area contributed by atoms with Gasteiger partial charge in [-0.3, -0.25) is 0 Å². The van der Waals surface area contributed by atoms with Crippen LogP contribution in [0.3, 0.4) is 0 Å². The van der Waals surface area contributed by atoms with E-state index < -0.39 is 0 Å². The molecular weight excluding hydrogens is 154 g/mol. The van der Waals surface area contributed by atoms with Crippen LogP contribution in [0.1, 0.15) is 5.56 Å². The Morgan fingerprint density at radius 2 is 2.33 bits per heavy atom. The summed E-state index contributed by atoms with van der Waals surface area (Å²) >= 11 is 0. The standard InChI is InChI=1S/C9H11NO2/c1-7-2-3-9(12)8(6-7)10-4-5-11/h2-3,5-6,10,12H,4H2,1H3. The first-order valence-electron chi connectivity index (χ1n) is 3.71. The topological polar surface area (TPSA) is 49.3 Å². The van der Waals surface area contributed by atoms with Gasteiger partial charge in [-0.25, -0.2) is 0 Å². The van der Waals surface area contributed by atoms with Gasteiger partial charge in [-0.2, -0.15) is 0 Å². The second-order valence-electron chi connectivity index (χ2n) is 2.57. The lowest BCUT2D eigenvalue weighted by Crippen LogP contribution is -2.02. The molecule has 2 N–H and O–H groups in total. The molecule has 1 rings (SSSR count). The molecule has 0 bridgehead atoms. The maximum atomic E-state index is 10.0. The molecule has 0 aliphatic carbocycles. The summed E-state index contributed by atoms with van der Waals surface area (Å²) in [5, 5.41) is 12.1. The first-order chi connectivity index (χ1) is 5.74. The molecule has 3 nitrogen and oxygen atoms in total. The number of hydrogen-bond donors (Lipinski definition) is 2. The molecule has 12 heavy (non-hydrogen) atoms. The maximum Gasteiger partial charge on any atom is 0.139 e. The summed E-state index contributed by atoms with van der Waals surface area (Å²) in [4.78, 5) is 10.0. The van der Waals surface area contributed by atoms with Crippen LogP contribution in [0.25, 0.3) is 0 Å². The summed E-state index contributed by atoms with van der Waals surface area (Å²) < 4.78 is 0. The Balaban J connectivity index is 2.82. The molecular formula is C9H11NO2. The number of anilines is 1. The molecule has 0 fully saturated rings. The Bertz CT molecular complexity index is 284. The minimum absolute atomic E-state index is 0.169. The molecule has 0 unspecified atom stereocenters. The Kier molecular flexibility index (Phi) is 2.69. The summed E-state index contributed by atoms with van der Waals surface area (Å²) in [5.41, 5.74) is 1.64. The number of phenolic OH excluding ortho intramolecular Hbond substituents is 1. The van der Waals surface area contributed by atoms with Crippen LogP contribution in [0.4, 0.5) is 5.69 Å². The zero-order valence-corrected chi connectivity index (χ0v) is 6.87. The van der Waals surface area contributed by atoms with Gasteiger partial charge in [-0.05, 0) is 24.6 Å². The van der Waals surface area contributed by atoms with E-state index in [-0.39, 0.29) is 12.3 Å². The lowest BCUT2D eigenvalue weighted by atomic mass is 10.2. The number of nitrogens with one attached hydrogen (secondary N) is 1. The molecule has 0 amide bonds.